The molecule has 1 aromatic heterocycles. The van der Waals surface area contributed by atoms with Gasteiger partial charge in [0.15, 0.2) is 5.82 Å². The molecule has 0 unspecified atom stereocenters. The average molecular weight is 372 g/mol. The first-order valence-electron chi connectivity index (χ1n) is 5.49. The van der Waals surface area contributed by atoms with Crippen LogP contribution in [-0.2, 0) is 10.0 Å². The van der Waals surface area contributed by atoms with Gasteiger partial charge in [0.1, 0.15) is 9.50 Å². The summed E-state index contributed by atoms with van der Waals surface area (Å²) in [4.78, 5) is 18.5. The molecule has 0 aliphatic carbocycles. The number of carbonyl (C=O) groups excluding carboxylic acids is 1. The van der Waals surface area contributed by atoms with Gasteiger partial charge < -0.3 is 11.5 Å². The molecular weight excluding hydrogens is 362 g/mol. The molecule has 0 atom stereocenters. The van der Waals surface area contributed by atoms with Gasteiger partial charge in [-0.15, -0.1) is 0 Å². The molecule has 2 rings (SSSR count). The summed E-state index contributed by atoms with van der Waals surface area (Å²) in [5.74, 6) is -0.658. The lowest BCUT2D eigenvalue weighted by Gasteiger charge is -2.10. The number of halogens is 1. The van der Waals surface area contributed by atoms with Crippen LogP contribution in [0.2, 0.25) is 0 Å². The van der Waals surface area contributed by atoms with Gasteiger partial charge in [0.05, 0.1) is 18.1 Å². The lowest BCUT2D eigenvalue weighted by Crippen LogP contribution is -2.17. The number of benzene rings is 1. The maximum Gasteiger partial charge on any atom is 0.265 e. The molecular formula is C11H10BrN5O3S. The number of sulfonamides is 1. The van der Waals surface area contributed by atoms with E-state index in [1.54, 1.807) is 0 Å². The van der Waals surface area contributed by atoms with E-state index in [-0.39, 0.29) is 22.0 Å². The van der Waals surface area contributed by atoms with E-state index in [1.165, 1.54) is 30.6 Å². The zero-order chi connectivity index (χ0) is 15.6. The molecule has 1 aromatic carbocycles. The van der Waals surface area contributed by atoms with E-state index in [0.29, 0.717) is 4.60 Å². The third-order valence-electron chi connectivity index (χ3n) is 2.44. The molecule has 0 fully saturated rings. The van der Waals surface area contributed by atoms with E-state index in [4.69, 9.17) is 11.5 Å². The highest BCUT2D eigenvalue weighted by molar-refractivity contribution is 9.10. The van der Waals surface area contributed by atoms with E-state index in [1.807, 2.05) is 0 Å². The molecule has 2 aromatic rings. The van der Waals surface area contributed by atoms with Crippen LogP contribution in [0.15, 0.2) is 40.1 Å². The minimum absolute atomic E-state index is 0.0385. The first-order chi connectivity index (χ1) is 9.79. The fraction of sp³-hybridized carbons (Fsp3) is 0. The zero-order valence-electron chi connectivity index (χ0n) is 10.4. The Balaban J connectivity index is 2.35. The summed E-state index contributed by atoms with van der Waals surface area (Å²) >= 11 is 3.09. The lowest BCUT2D eigenvalue weighted by molar-refractivity contribution is 0.1000. The molecule has 0 radical (unpaired) electrons. The quantitative estimate of drug-likeness (QED) is 0.676. The molecule has 8 nitrogen and oxygen atoms in total. The van der Waals surface area contributed by atoms with Gasteiger partial charge in [-0.1, -0.05) is 0 Å². The molecule has 0 spiro atoms. The molecule has 1 heterocycles. The summed E-state index contributed by atoms with van der Waals surface area (Å²) in [7, 11) is -3.94. The molecule has 0 bridgehead atoms. The Kier molecular flexibility index (Phi) is 4.09. The number of nitrogen functional groups attached to an aromatic ring is 1. The van der Waals surface area contributed by atoms with Gasteiger partial charge >= 0.3 is 0 Å². The predicted molar refractivity (Wildman–Crippen MR) is 79.9 cm³/mol. The molecule has 1 amide bonds. The summed E-state index contributed by atoms with van der Waals surface area (Å²) < 4.78 is 27.1. The predicted octanol–water partition coefficient (Wildman–Crippen LogP) is 0.721. The van der Waals surface area contributed by atoms with Gasteiger partial charge in [-0.3, -0.25) is 9.52 Å². The molecule has 0 saturated carbocycles. The van der Waals surface area contributed by atoms with Gasteiger partial charge in [-0.05, 0) is 34.1 Å². The average Bonchev–Trinajstić information content (AvgIpc) is 2.40. The zero-order valence-corrected chi connectivity index (χ0v) is 12.8. The Labute approximate surface area is 128 Å². The van der Waals surface area contributed by atoms with Crippen molar-refractivity contribution in [2.45, 2.75) is 4.90 Å². The second kappa shape index (κ2) is 5.66. The number of hydrogen-bond donors (Lipinski definition) is 3. The monoisotopic (exact) mass is 371 g/mol. The largest absolute Gasteiger partial charge is 0.398 e. The van der Waals surface area contributed by atoms with Crippen molar-refractivity contribution in [3.05, 3.63) is 40.8 Å². The van der Waals surface area contributed by atoms with Crippen molar-refractivity contribution in [2.24, 2.45) is 5.73 Å². The number of nitrogens with zero attached hydrogens (tertiary/aromatic N) is 2. The highest BCUT2D eigenvalue weighted by atomic mass is 79.9. The number of rotatable bonds is 4. The van der Waals surface area contributed by atoms with Gasteiger partial charge in [0.25, 0.3) is 10.0 Å². The summed E-state index contributed by atoms with van der Waals surface area (Å²) in [6.45, 7) is 0. The SMILES string of the molecule is NC(=O)c1ccc(S(=O)(=O)Nc2cnc(Br)cn2)c(N)c1. The van der Waals surface area contributed by atoms with Crippen LogP contribution < -0.4 is 16.2 Å². The van der Waals surface area contributed by atoms with E-state index >= 15 is 0 Å². The van der Waals surface area contributed by atoms with Crippen molar-refractivity contribution in [2.75, 3.05) is 10.5 Å². The number of primary amides is 1. The summed E-state index contributed by atoms with van der Waals surface area (Å²) in [6, 6.07) is 3.68. The Hall–Kier alpha value is -2.20. The normalized spacial score (nSPS) is 11.1. The topological polar surface area (TPSA) is 141 Å². The Morgan fingerprint density at radius 2 is 1.95 bits per heavy atom. The van der Waals surface area contributed by atoms with Crippen molar-refractivity contribution >= 4 is 43.4 Å². The molecule has 21 heavy (non-hydrogen) atoms. The van der Waals surface area contributed by atoms with Crippen LogP contribution in [0.4, 0.5) is 11.5 Å². The third kappa shape index (κ3) is 3.47. The second-order valence-corrected chi connectivity index (χ2v) is 6.41. The van der Waals surface area contributed by atoms with E-state index in [2.05, 4.69) is 30.6 Å². The van der Waals surface area contributed by atoms with Crippen LogP contribution in [-0.4, -0.2) is 24.3 Å². The Morgan fingerprint density at radius 3 is 2.48 bits per heavy atom. The maximum absolute atomic E-state index is 12.2. The van der Waals surface area contributed by atoms with Crippen LogP contribution in [0.1, 0.15) is 10.4 Å². The second-order valence-electron chi connectivity index (χ2n) is 3.95. The highest BCUT2D eigenvalue weighted by Gasteiger charge is 2.19. The molecule has 0 aliphatic heterocycles. The number of nitrogens with two attached hydrogens (primary N) is 2. The lowest BCUT2D eigenvalue weighted by atomic mass is 10.2. The van der Waals surface area contributed by atoms with Crippen LogP contribution in [0.25, 0.3) is 0 Å². The maximum atomic E-state index is 12.2. The molecule has 0 saturated heterocycles. The summed E-state index contributed by atoms with van der Waals surface area (Å²) in [5.41, 5.74) is 10.8. The Bertz CT molecular complexity index is 792. The van der Waals surface area contributed by atoms with Crippen molar-refractivity contribution in [1.29, 1.82) is 0 Å². The van der Waals surface area contributed by atoms with E-state index in [0.717, 1.165) is 0 Å². The Morgan fingerprint density at radius 1 is 1.24 bits per heavy atom. The first-order valence-corrected chi connectivity index (χ1v) is 7.77. The van der Waals surface area contributed by atoms with Crippen molar-refractivity contribution < 1.29 is 13.2 Å². The highest BCUT2D eigenvalue weighted by Crippen LogP contribution is 2.22. The fourth-order valence-corrected chi connectivity index (χ4v) is 2.82. The van der Waals surface area contributed by atoms with E-state index < -0.39 is 15.9 Å². The van der Waals surface area contributed by atoms with Gasteiger partial charge in [0.2, 0.25) is 5.91 Å². The first kappa shape index (κ1) is 15.2. The van der Waals surface area contributed by atoms with Crippen molar-refractivity contribution in [1.82, 2.24) is 9.97 Å². The number of nitrogens with one attached hydrogen (secondary N) is 1. The fourth-order valence-electron chi connectivity index (χ4n) is 1.50. The standard InChI is InChI=1S/C11H10BrN5O3S/c12-9-4-16-10(5-15-9)17-21(19,20)8-2-1-6(11(14)18)3-7(8)13/h1-5H,13H2,(H2,14,18)(H,16,17). The number of hydrogen-bond acceptors (Lipinski definition) is 6. The van der Waals surface area contributed by atoms with Crippen LogP contribution in [0.5, 0.6) is 0 Å². The molecule has 5 N–H and O–H groups in total. The van der Waals surface area contributed by atoms with E-state index in [9.17, 15) is 13.2 Å². The van der Waals surface area contributed by atoms with Crippen molar-refractivity contribution in [3.63, 3.8) is 0 Å². The molecule has 0 aliphatic rings. The van der Waals surface area contributed by atoms with Crippen LogP contribution in [0, 0.1) is 0 Å². The molecule has 110 valence electrons. The molecule has 10 heteroatoms. The van der Waals surface area contributed by atoms with Crippen LogP contribution >= 0.6 is 15.9 Å². The van der Waals surface area contributed by atoms with Gasteiger partial charge in [-0.25, -0.2) is 18.4 Å². The van der Waals surface area contributed by atoms with Crippen LogP contribution in [0.3, 0.4) is 0 Å². The minimum atomic E-state index is -3.94. The van der Waals surface area contributed by atoms with Gasteiger partial charge in [0, 0.05) is 5.56 Å². The smallest absolute Gasteiger partial charge is 0.265 e. The van der Waals surface area contributed by atoms with Crippen molar-refractivity contribution in [3.8, 4) is 0 Å². The summed E-state index contributed by atoms with van der Waals surface area (Å²) in [6.07, 6.45) is 2.59. The number of amides is 1. The minimum Gasteiger partial charge on any atom is -0.398 e. The number of anilines is 2. The number of aromatic nitrogens is 2. The number of carbonyl (C=O) groups is 1. The van der Waals surface area contributed by atoms with Gasteiger partial charge in [-0.2, -0.15) is 0 Å². The summed E-state index contributed by atoms with van der Waals surface area (Å²) in [5, 5.41) is 0. The third-order valence-corrected chi connectivity index (χ3v) is 4.28.